The number of hydrogen-bond donors (Lipinski definition) is 1. The van der Waals surface area contributed by atoms with E-state index in [9.17, 15) is 26.3 Å². The van der Waals surface area contributed by atoms with Gasteiger partial charge in [-0.25, -0.2) is 4.98 Å². The fraction of sp³-hybridized carbons (Fsp3) is 0.222. The first-order chi connectivity index (χ1) is 8.09. The summed E-state index contributed by atoms with van der Waals surface area (Å²) in [6, 6.07) is 1.79. The highest BCUT2D eigenvalue weighted by molar-refractivity contribution is 9.10. The van der Waals surface area contributed by atoms with Crippen LogP contribution in [0.1, 0.15) is 11.4 Å². The number of halogens is 7. The Labute approximate surface area is 104 Å². The van der Waals surface area contributed by atoms with E-state index < -0.39 is 29.3 Å². The number of benzene rings is 1. The lowest BCUT2D eigenvalue weighted by Gasteiger charge is -2.07. The molecular formula is C9H3BrF6N2. The van der Waals surface area contributed by atoms with Gasteiger partial charge >= 0.3 is 12.4 Å². The van der Waals surface area contributed by atoms with Crippen molar-refractivity contribution in [2.24, 2.45) is 0 Å². The molecule has 1 aromatic heterocycles. The van der Waals surface area contributed by atoms with Crippen LogP contribution >= 0.6 is 15.9 Å². The summed E-state index contributed by atoms with van der Waals surface area (Å²) in [6.07, 6.45) is -9.60. The number of H-pyrrole nitrogens is 1. The van der Waals surface area contributed by atoms with E-state index in [0.717, 1.165) is 6.07 Å². The van der Waals surface area contributed by atoms with Crippen LogP contribution in [-0.4, -0.2) is 9.97 Å². The zero-order valence-corrected chi connectivity index (χ0v) is 9.83. The lowest BCUT2D eigenvalue weighted by molar-refractivity contribution is -0.144. The van der Waals surface area contributed by atoms with Crippen molar-refractivity contribution in [3.05, 3.63) is 28.0 Å². The third-order valence-electron chi connectivity index (χ3n) is 2.13. The number of fused-ring (bicyclic) bond motifs is 1. The first-order valence-corrected chi connectivity index (χ1v) is 5.22. The Morgan fingerprint density at radius 2 is 1.61 bits per heavy atom. The first-order valence-electron chi connectivity index (χ1n) is 4.42. The minimum atomic E-state index is -4.83. The van der Waals surface area contributed by atoms with Crippen molar-refractivity contribution in [2.75, 3.05) is 0 Å². The van der Waals surface area contributed by atoms with Gasteiger partial charge in [-0.1, -0.05) is 15.9 Å². The molecular weight excluding hydrogens is 330 g/mol. The predicted molar refractivity (Wildman–Crippen MR) is 53.8 cm³/mol. The summed E-state index contributed by atoms with van der Waals surface area (Å²) in [5.74, 6) is -1.46. The van der Waals surface area contributed by atoms with Gasteiger partial charge in [0, 0.05) is 4.47 Å². The van der Waals surface area contributed by atoms with Gasteiger partial charge in [0.1, 0.15) is 5.52 Å². The van der Waals surface area contributed by atoms with Gasteiger partial charge < -0.3 is 4.98 Å². The number of nitrogens with zero attached hydrogens (tertiary/aromatic N) is 1. The van der Waals surface area contributed by atoms with E-state index in [1.165, 1.54) is 0 Å². The second-order valence-electron chi connectivity index (χ2n) is 3.43. The van der Waals surface area contributed by atoms with Gasteiger partial charge in [-0.2, -0.15) is 26.3 Å². The van der Waals surface area contributed by atoms with Crippen molar-refractivity contribution in [1.82, 2.24) is 9.97 Å². The second kappa shape index (κ2) is 3.87. The summed E-state index contributed by atoms with van der Waals surface area (Å²) in [7, 11) is 0. The molecule has 18 heavy (non-hydrogen) atoms. The second-order valence-corrected chi connectivity index (χ2v) is 4.35. The molecule has 1 aromatic carbocycles. The van der Waals surface area contributed by atoms with E-state index in [1.54, 1.807) is 0 Å². The Morgan fingerprint density at radius 3 is 2.11 bits per heavy atom. The molecule has 0 spiro atoms. The molecule has 0 bridgehead atoms. The fourth-order valence-corrected chi connectivity index (χ4v) is 1.89. The molecule has 2 aromatic rings. The highest BCUT2D eigenvalue weighted by atomic mass is 79.9. The number of nitrogens with one attached hydrogen (secondary N) is 1. The maximum Gasteiger partial charge on any atom is 0.449 e. The number of aromatic amines is 1. The third kappa shape index (κ3) is 2.31. The molecule has 0 aliphatic carbocycles. The Morgan fingerprint density at radius 1 is 1.00 bits per heavy atom. The van der Waals surface area contributed by atoms with Crippen LogP contribution in [0.3, 0.4) is 0 Å². The standard InChI is InChI=1S/C9H3BrF6N2/c10-3-1-4(8(11,12)13)6-5(2-3)17-7(18-6)9(14,15)16/h1-2H,(H,17,18). The van der Waals surface area contributed by atoms with Crippen molar-refractivity contribution in [1.29, 1.82) is 0 Å². The minimum absolute atomic E-state index is 0.0136. The van der Waals surface area contributed by atoms with Crippen molar-refractivity contribution in [3.8, 4) is 0 Å². The fourth-order valence-electron chi connectivity index (χ4n) is 1.43. The molecule has 0 aliphatic heterocycles. The molecule has 1 heterocycles. The zero-order chi connectivity index (χ0) is 13.7. The van der Waals surface area contributed by atoms with Crippen LogP contribution in [0.2, 0.25) is 0 Å². The van der Waals surface area contributed by atoms with Gasteiger partial charge in [-0.3, -0.25) is 0 Å². The monoisotopic (exact) mass is 332 g/mol. The molecule has 0 amide bonds. The van der Waals surface area contributed by atoms with Crippen LogP contribution in [0.4, 0.5) is 26.3 Å². The van der Waals surface area contributed by atoms with Crippen LogP contribution in [0, 0.1) is 0 Å². The molecule has 0 radical (unpaired) electrons. The molecule has 0 saturated carbocycles. The first kappa shape index (κ1) is 13.2. The van der Waals surface area contributed by atoms with Gasteiger partial charge in [0.05, 0.1) is 11.1 Å². The van der Waals surface area contributed by atoms with E-state index in [0.29, 0.717) is 6.07 Å². The van der Waals surface area contributed by atoms with Crippen LogP contribution in [0.15, 0.2) is 16.6 Å². The number of hydrogen-bond acceptors (Lipinski definition) is 1. The molecule has 2 rings (SSSR count). The Kier molecular flexibility index (Phi) is 2.84. The maximum atomic E-state index is 12.6. The average molecular weight is 333 g/mol. The molecule has 0 atom stereocenters. The number of alkyl halides is 6. The van der Waals surface area contributed by atoms with Gasteiger partial charge in [0.2, 0.25) is 5.82 Å². The van der Waals surface area contributed by atoms with Gasteiger partial charge in [0.15, 0.2) is 0 Å². The van der Waals surface area contributed by atoms with E-state index >= 15 is 0 Å². The molecule has 9 heteroatoms. The average Bonchev–Trinajstić information content (AvgIpc) is 2.57. The molecule has 0 unspecified atom stereocenters. The number of aromatic nitrogens is 2. The molecule has 2 nitrogen and oxygen atoms in total. The normalized spacial score (nSPS) is 13.3. The SMILES string of the molecule is FC(F)(F)c1nc2c(C(F)(F)F)cc(Br)cc2[nH]1. The molecule has 98 valence electrons. The van der Waals surface area contributed by atoms with Crippen molar-refractivity contribution >= 4 is 27.0 Å². The predicted octanol–water partition coefficient (Wildman–Crippen LogP) is 4.36. The summed E-state index contributed by atoms with van der Waals surface area (Å²) in [5.41, 5.74) is -2.30. The van der Waals surface area contributed by atoms with Crippen molar-refractivity contribution < 1.29 is 26.3 Å². The van der Waals surface area contributed by atoms with Crippen LogP contribution < -0.4 is 0 Å². The Balaban J connectivity index is 2.76. The van der Waals surface area contributed by atoms with E-state index in [2.05, 4.69) is 20.9 Å². The van der Waals surface area contributed by atoms with Gasteiger partial charge in [-0.05, 0) is 12.1 Å². The zero-order valence-electron chi connectivity index (χ0n) is 8.25. The maximum absolute atomic E-state index is 12.6. The van der Waals surface area contributed by atoms with Gasteiger partial charge in [0.25, 0.3) is 0 Å². The molecule has 1 N–H and O–H groups in total. The lowest BCUT2D eigenvalue weighted by Crippen LogP contribution is -2.08. The molecule has 0 aliphatic rings. The van der Waals surface area contributed by atoms with Crippen LogP contribution in [0.5, 0.6) is 0 Å². The van der Waals surface area contributed by atoms with E-state index in [4.69, 9.17) is 0 Å². The summed E-state index contributed by atoms with van der Waals surface area (Å²) >= 11 is 2.81. The molecule has 0 saturated heterocycles. The Bertz CT molecular complexity index is 597. The van der Waals surface area contributed by atoms with Crippen LogP contribution in [-0.2, 0) is 12.4 Å². The Hall–Kier alpha value is -1.25. The van der Waals surface area contributed by atoms with Crippen molar-refractivity contribution in [3.63, 3.8) is 0 Å². The van der Waals surface area contributed by atoms with Gasteiger partial charge in [-0.15, -0.1) is 0 Å². The number of imidazole rings is 1. The third-order valence-corrected chi connectivity index (χ3v) is 2.58. The van der Waals surface area contributed by atoms with Crippen molar-refractivity contribution in [2.45, 2.75) is 12.4 Å². The highest BCUT2D eigenvalue weighted by Gasteiger charge is 2.38. The summed E-state index contributed by atoms with van der Waals surface area (Å²) in [5, 5.41) is 0. The smallest absolute Gasteiger partial charge is 0.334 e. The van der Waals surface area contributed by atoms with E-state index in [-0.39, 0.29) is 9.99 Å². The van der Waals surface area contributed by atoms with Crippen LogP contribution in [0.25, 0.3) is 11.0 Å². The summed E-state index contributed by atoms with van der Waals surface area (Å²) in [6.45, 7) is 0. The highest BCUT2D eigenvalue weighted by Crippen LogP contribution is 2.37. The quantitative estimate of drug-likeness (QED) is 0.713. The molecule has 0 fully saturated rings. The van der Waals surface area contributed by atoms with E-state index in [1.807, 2.05) is 4.98 Å². The largest absolute Gasteiger partial charge is 0.449 e. The summed E-state index contributed by atoms with van der Waals surface area (Å²) < 4.78 is 75.1. The topological polar surface area (TPSA) is 28.7 Å². The lowest BCUT2D eigenvalue weighted by atomic mass is 10.2. The minimum Gasteiger partial charge on any atom is -0.334 e. The summed E-state index contributed by atoms with van der Waals surface area (Å²) in [4.78, 5) is 4.79. The number of rotatable bonds is 0.